The summed E-state index contributed by atoms with van der Waals surface area (Å²) in [5, 5.41) is 2.53. The molecule has 28 heavy (non-hydrogen) atoms. The molecule has 0 atom stereocenters. The first-order valence-corrected chi connectivity index (χ1v) is 8.87. The molecule has 3 heterocycles. The van der Waals surface area contributed by atoms with Gasteiger partial charge < -0.3 is 9.88 Å². The number of aromatic nitrogens is 3. The zero-order chi connectivity index (χ0) is 19.9. The summed E-state index contributed by atoms with van der Waals surface area (Å²) < 4.78 is 41.4. The van der Waals surface area contributed by atoms with Gasteiger partial charge in [0.05, 0.1) is 28.5 Å². The Bertz CT molecular complexity index is 1050. The first-order valence-electron chi connectivity index (χ1n) is 8.50. The summed E-state index contributed by atoms with van der Waals surface area (Å²) in [5.41, 5.74) is -0.245. The highest BCUT2D eigenvalue weighted by Crippen LogP contribution is 2.37. The molecular weight excluding hydrogens is 393 g/mol. The Morgan fingerprint density at radius 2 is 2.00 bits per heavy atom. The molecule has 0 fully saturated rings. The molecule has 3 aromatic rings. The molecule has 2 aromatic heterocycles. The van der Waals surface area contributed by atoms with Crippen LogP contribution in [0, 0.1) is 0 Å². The van der Waals surface area contributed by atoms with Crippen LogP contribution in [0.3, 0.4) is 0 Å². The second-order valence-electron chi connectivity index (χ2n) is 6.26. The van der Waals surface area contributed by atoms with Gasteiger partial charge in [-0.15, -0.1) is 0 Å². The number of halogens is 4. The molecule has 5 nitrogen and oxygen atoms in total. The standard InChI is InChI=1S/C19H14ClF3N4O/c20-15-11(4-3-5-12(15)19(21,22)23)18(28)16-17(13-6-1-2-7-25-13)27-9-8-24-10-14(27)26-16/h1-7,24H,8-10H2. The maximum absolute atomic E-state index is 13.2. The molecule has 0 aliphatic carbocycles. The highest BCUT2D eigenvalue weighted by atomic mass is 35.5. The Morgan fingerprint density at radius 1 is 1.18 bits per heavy atom. The Hall–Kier alpha value is -2.71. The monoisotopic (exact) mass is 406 g/mol. The van der Waals surface area contributed by atoms with Gasteiger partial charge in [-0.05, 0) is 24.3 Å². The number of nitrogens with zero attached hydrogens (tertiary/aromatic N) is 3. The molecule has 0 radical (unpaired) electrons. The van der Waals surface area contributed by atoms with Gasteiger partial charge in [0.15, 0.2) is 0 Å². The fourth-order valence-corrected chi connectivity index (χ4v) is 3.56. The molecule has 0 unspecified atom stereocenters. The van der Waals surface area contributed by atoms with E-state index in [1.807, 2.05) is 4.57 Å². The van der Waals surface area contributed by atoms with E-state index >= 15 is 0 Å². The molecule has 0 bridgehead atoms. The van der Waals surface area contributed by atoms with E-state index in [0.29, 0.717) is 36.8 Å². The van der Waals surface area contributed by atoms with Crippen molar-refractivity contribution in [2.45, 2.75) is 19.3 Å². The SMILES string of the molecule is O=C(c1cccc(C(F)(F)F)c1Cl)c1nc2n(c1-c1ccccn1)CCNC2. The van der Waals surface area contributed by atoms with Crippen molar-refractivity contribution < 1.29 is 18.0 Å². The minimum Gasteiger partial charge on any atom is -0.324 e. The third-order valence-electron chi connectivity index (χ3n) is 4.51. The number of alkyl halides is 3. The molecule has 1 aromatic carbocycles. The van der Waals surface area contributed by atoms with E-state index in [1.165, 1.54) is 12.1 Å². The van der Waals surface area contributed by atoms with E-state index in [1.54, 1.807) is 24.4 Å². The van der Waals surface area contributed by atoms with Crippen molar-refractivity contribution in [3.8, 4) is 11.4 Å². The third kappa shape index (κ3) is 3.18. The summed E-state index contributed by atoms with van der Waals surface area (Å²) >= 11 is 5.96. The number of fused-ring (bicyclic) bond motifs is 1. The number of imidazole rings is 1. The number of carbonyl (C=O) groups excluding carboxylic acids is 1. The summed E-state index contributed by atoms with van der Waals surface area (Å²) in [6, 6.07) is 8.54. The van der Waals surface area contributed by atoms with E-state index in [9.17, 15) is 18.0 Å². The normalized spacial score (nSPS) is 14.0. The van der Waals surface area contributed by atoms with Crippen LogP contribution in [0.4, 0.5) is 13.2 Å². The molecule has 0 saturated heterocycles. The van der Waals surface area contributed by atoms with Gasteiger partial charge in [-0.2, -0.15) is 13.2 Å². The van der Waals surface area contributed by atoms with Crippen molar-refractivity contribution in [2.24, 2.45) is 0 Å². The van der Waals surface area contributed by atoms with Gasteiger partial charge in [0.2, 0.25) is 5.78 Å². The molecule has 1 N–H and O–H groups in total. The summed E-state index contributed by atoms with van der Waals surface area (Å²) in [4.78, 5) is 21.9. The van der Waals surface area contributed by atoms with Crippen molar-refractivity contribution in [1.82, 2.24) is 19.9 Å². The number of hydrogen-bond donors (Lipinski definition) is 1. The summed E-state index contributed by atoms with van der Waals surface area (Å²) in [6.07, 6.45) is -3.07. The fourth-order valence-electron chi connectivity index (χ4n) is 3.24. The predicted octanol–water partition coefficient (Wildman–Crippen LogP) is 3.95. The lowest BCUT2D eigenvalue weighted by atomic mass is 10.0. The Morgan fingerprint density at radius 3 is 2.71 bits per heavy atom. The minimum absolute atomic E-state index is 0.0404. The molecule has 144 valence electrons. The van der Waals surface area contributed by atoms with E-state index in [0.717, 1.165) is 6.07 Å². The zero-order valence-electron chi connectivity index (χ0n) is 14.4. The molecule has 9 heteroatoms. The highest BCUT2D eigenvalue weighted by Gasteiger charge is 2.36. The van der Waals surface area contributed by atoms with Crippen LogP contribution in [0.25, 0.3) is 11.4 Å². The molecule has 1 aliphatic rings. The quantitative estimate of drug-likeness (QED) is 0.669. The van der Waals surface area contributed by atoms with Crippen LogP contribution in [-0.4, -0.2) is 26.9 Å². The fraction of sp³-hybridized carbons (Fsp3) is 0.211. The van der Waals surface area contributed by atoms with Crippen molar-refractivity contribution in [3.63, 3.8) is 0 Å². The molecule has 4 rings (SSSR count). The van der Waals surface area contributed by atoms with E-state index < -0.39 is 22.5 Å². The number of carbonyl (C=O) groups is 1. The van der Waals surface area contributed by atoms with Crippen LogP contribution in [0.15, 0.2) is 42.6 Å². The first-order chi connectivity index (χ1) is 13.4. The van der Waals surface area contributed by atoms with Crippen LogP contribution in [0.1, 0.15) is 27.4 Å². The van der Waals surface area contributed by atoms with Gasteiger partial charge in [-0.1, -0.05) is 23.7 Å². The molecule has 0 spiro atoms. The van der Waals surface area contributed by atoms with Gasteiger partial charge in [0, 0.05) is 24.8 Å². The van der Waals surface area contributed by atoms with Gasteiger partial charge in [0.25, 0.3) is 0 Å². The summed E-state index contributed by atoms with van der Waals surface area (Å²) in [7, 11) is 0. The number of nitrogens with one attached hydrogen (secondary N) is 1. The number of hydrogen-bond acceptors (Lipinski definition) is 4. The van der Waals surface area contributed by atoms with Crippen LogP contribution in [0.5, 0.6) is 0 Å². The Kier molecular flexibility index (Phi) is 4.68. The smallest absolute Gasteiger partial charge is 0.324 e. The molecule has 0 saturated carbocycles. The number of rotatable bonds is 3. The third-order valence-corrected chi connectivity index (χ3v) is 4.92. The van der Waals surface area contributed by atoms with E-state index in [2.05, 4.69) is 15.3 Å². The summed E-state index contributed by atoms with van der Waals surface area (Å²) in [6.45, 7) is 1.70. The number of ketones is 1. The lowest BCUT2D eigenvalue weighted by molar-refractivity contribution is -0.137. The van der Waals surface area contributed by atoms with E-state index in [4.69, 9.17) is 11.6 Å². The first kappa shape index (κ1) is 18.6. The average molecular weight is 407 g/mol. The molecule has 1 aliphatic heterocycles. The van der Waals surface area contributed by atoms with Gasteiger partial charge >= 0.3 is 6.18 Å². The maximum Gasteiger partial charge on any atom is 0.417 e. The van der Waals surface area contributed by atoms with Crippen LogP contribution < -0.4 is 5.32 Å². The molecule has 0 amide bonds. The highest BCUT2D eigenvalue weighted by molar-refractivity contribution is 6.35. The average Bonchev–Trinajstić information content (AvgIpc) is 3.07. The van der Waals surface area contributed by atoms with Gasteiger partial charge in [-0.3, -0.25) is 9.78 Å². The number of benzene rings is 1. The van der Waals surface area contributed by atoms with Crippen molar-refractivity contribution in [1.29, 1.82) is 0 Å². The predicted molar refractivity (Wildman–Crippen MR) is 97.1 cm³/mol. The van der Waals surface area contributed by atoms with E-state index in [-0.39, 0.29) is 11.3 Å². The lowest BCUT2D eigenvalue weighted by Crippen LogP contribution is -2.28. The van der Waals surface area contributed by atoms with Crippen molar-refractivity contribution >= 4 is 17.4 Å². The minimum atomic E-state index is -4.66. The van der Waals surface area contributed by atoms with Gasteiger partial charge in [0.1, 0.15) is 11.5 Å². The van der Waals surface area contributed by atoms with Crippen molar-refractivity contribution in [3.05, 3.63) is 70.3 Å². The van der Waals surface area contributed by atoms with Crippen LogP contribution >= 0.6 is 11.6 Å². The Balaban J connectivity index is 1.89. The summed E-state index contributed by atoms with van der Waals surface area (Å²) in [5.74, 6) is -0.0444. The lowest BCUT2D eigenvalue weighted by Gasteiger charge is -2.17. The second-order valence-corrected chi connectivity index (χ2v) is 6.64. The Labute approximate surface area is 163 Å². The van der Waals surface area contributed by atoms with Gasteiger partial charge in [-0.25, -0.2) is 4.98 Å². The van der Waals surface area contributed by atoms with Crippen molar-refractivity contribution in [2.75, 3.05) is 6.54 Å². The topological polar surface area (TPSA) is 59.8 Å². The maximum atomic E-state index is 13.2. The zero-order valence-corrected chi connectivity index (χ0v) is 15.2. The number of pyridine rings is 1. The second kappa shape index (κ2) is 7.03. The largest absolute Gasteiger partial charge is 0.417 e. The molecular formula is C19H14ClF3N4O. The van der Waals surface area contributed by atoms with Crippen LogP contribution in [0.2, 0.25) is 5.02 Å². The van der Waals surface area contributed by atoms with Crippen LogP contribution in [-0.2, 0) is 19.3 Å².